The van der Waals surface area contributed by atoms with Crippen LogP contribution in [0.4, 0.5) is 11.4 Å². The quantitative estimate of drug-likeness (QED) is 0.879. The molecule has 0 aliphatic carbocycles. The molecule has 5 nitrogen and oxygen atoms in total. The number of nitrogens with zero attached hydrogens (tertiary/aromatic N) is 1. The van der Waals surface area contributed by atoms with E-state index in [1.54, 1.807) is 29.2 Å². The van der Waals surface area contributed by atoms with Crippen LogP contribution in [0, 0.1) is 6.92 Å². The van der Waals surface area contributed by atoms with Gasteiger partial charge in [-0.1, -0.05) is 6.07 Å². The van der Waals surface area contributed by atoms with Crippen molar-refractivity contribution in [2.45, 2.75) is 39.7 Å². The van der Waals surface area contributed by atoms with Crippen LogP contribution >= 0.6 is 0 Å². The van der Waals surface area contributed by atoms with Crippen molar-refractivity contribution in [1.82, 2.24) is 0 Å². The van der Waals surface area contributed by atoms with Crippen LogP contribution in [0.2, 0.25) is 0 Å². The molecule has 2 aromatic carbocycles. The van der Waals surface area contributed by atoms with E-state index in [1.807, 2.05) is 39.0 Å². The Morgan fingerprint density at radius 3 is 2.50 bits per heavy atom. The second-order valence-corrected chi connectivity index (χ2v) is 6.80. The molecular weight excluding hydrogens is 328 g/mol. The number of carbonyl (C=O) groups is 2. The summed E-state index contributed by atoms with van der Waals surface area (Å²) in [6.45, 7) is 6.62. The molecule has 0 atom stereocenters. The highest BCUT2D eigenvalue weighted by Crippen LogP contribution is 2.28. The normalized spacial score (nSPS) is 14.0. The van der Waals surface area contributed by atoms with Crippen molar-refractivity contribution in [3.8, 4) is 5.75 Å². The van der Waals surface area contributed by atoms with Crippen molar-refractivity contribution < 1.29 is 14.3 Å². The Morgan fingerprint density at radius 1 is 1.15 bits per heavy atom. The fraction of sp³-hybridized carbons (Fsp3) is 0.333. The summed E-state index contributed by atoms with van der Waals surface area (Å²) >= 11 is 0. The highest BCUT2D eigenvalue weighted by atomic mass is 16.5. The third-order valence-electron chi connectivity index (χ3n) is 4.32. The topological polar surface area (TPSA) is 58.6 Å². The number of hydrogen-bond donors (Lipinski definition) is 1. The number of amides is 2. The molecule has 0 aromatic heterocycles. The second kappa shape index (κ2) is 7.60. The minimum Gasteiger partial charge on any atom is -0.491 e. The minimum absolute atomic E-state index is 0.0916. The molecule has 2 amide bonds. The van der Waals surface area contributed by atoms with Crippen LogP contribution in [0.5, 0.6) is 5.75 Å². The fourth-order valence-electron chi connectivity index (χ4n) is 3.04. The monoisotopic (exact) mass is 352 g/mol. The summed E-state index contributed by atoms with van der Waals surface area (Å²) in [7, 11) is 0. The van der Waals surface area contributed by atoms with Crippen LogP contribution in [0.15, 0.2) is 42.5 Å². The maximum Gasteiger partial charge on any atom is 0.255 e. The Morgan fingerprint density at radius 2 is 1.88 bits per heavy atom. The van der Waals surface area contributed by atoms with E-state index in [0.717, 1.165) is 30.0 Å². The van der Waals surface area contributed by atoms with Crippen molar-refractivity contribution in [2.75, 3.05) is 16.8 Å². The molecule has 1 N–H and O–H groups in total. The molecule has 5 heteroatoms. The van der Waals surface area contributed by atoms with Crippen LogP contribution in [-0.2, 0) is 4.79 Å². The van der Waals surface area contributed by atoms with Gasteiger partial charge >= 0.3 is 0 Å². The van der Waals surface area contributed by atoms with Gasteiger partial charge in [-0.25, -0.2) is 0 Å². The minimum atomic E-state index is -0.191. The number of rotatable bonds is 5. The summed E-state index contributed by atoms with van der Waals surface area (Å²) in [6, 6.07) is 12.7. The molecule has 0 unspecified atom stereocenters. The average molecular weight is 352 g/mol. The van der Waals surface area contributed by atoms with E-state index in [4.69, 9.17) is 4.74 Å². The Kier molecular flexibility index (Phi) is 5.26. The largest absolute Gasteiger partial charge is 0.491 e. The number of anilines is 2. The highest BCUT2D eigenvalue weighted by Gasteiger charge is 2.23. The Hall–Kier alpha value is -2.82. The highest BCUT2D eigenvalue weighted by molar-refractivity contribution is 6.05. The number of ether oxygens (including phenoxy) is 1. The van der Waals surface area contributed by atoms with Gasteiger partial charge in [-0.2, -0.15) is 0 Å². The van der Waals surface area contributed by atoms with Gasteiger partial charge in [-0.3, -0.25) is 9.59 Å². The van der Waals surface area contributed by atoms with Gasteiger partial charge in [0.1, 0.15) is 5.75 Å². The number of aryl methyl sites for hydroxylation is 1. The molecule has 1 aliphatic heterocycles. The van der Waals surface area contributed by atoms with Crippen molar-refractivity contribution in [1.29, 1.82) is 0 Å². The smallest absolute Gasteiger partial charge is 0.255 e. The van der Waals surface area contributed by atoms with Crippen molar-refractivity contribution in [3.05, 3.63) is 53.6 Å². The third-order valence-corrected chi connectivity index (χ3v) is 4.32. The zero-order valence-electron chi connectivity index (χ0n) is 15.4. The molecule has 1 heterocycles. The lowest BCUT2D eigenvalue weighted by molar-refractivity contribution is -0.117. The predicted molar refractivity (Wildman–Crippen MR) is 103 cm³/mol. The Balaban J connectivity index is 1.74. The lowest BCUT2D eigenvalue weighted by Gasteiger charge is -2.19. The summed E-state index contributed by atoms with van der Waals surface area (Å²) in [5.41, 5.74) is 3.12. The molecule has 2 aromatic rings. The summed E-state index contributed by atoms with van der Waals surface area (Å²) in [5.74, 6) is 0.683. The van der Waals surface area contributed by atoms with Gasteiger partial charge in [0, 0.05) is 29.9 Å². The summed E-state index contributed by atoms with van der Waals surface area (Å²) in [4.78, 5) is 26.3. The van der Waals surface area contributed by atoms with Crippen LogP contribution in [0.25, 0.3) is 0 Å². The zero-order valence-corrected chi connectivity index (χ0v) is 15.4. The van der Waals surface area contributed by atoms with Crippen molar-refractivity contribution >= 4 is 23.2 Å². The van der Waals surface area contributed by atoms with E-state index in [1.165, 1.54) is 0 Å². The standard InChI is InChI=1S/C21H24N2O3/c1-14(2)26-18-10-7-16(8-11-18)21(25)22-17-9-6-15(3)19(13-17)23-12-4-5-20(23)24/h6-11,13-14H,4-5,12H2,1-3H3,(H,22,25). The number of carbonyl (C=O) groups excluding carboxylic acids is 2. The summed E-state index contributed by atoms with van der Waals surface area (Å²) < 4.78 is 5.59. The molecule has 3 rings (SSSR count). The molecule has 1 fully saturated rings. The summed E-state index contributed by atoms with van der Waals surface area (Å²) in [5, 5.41) is 2.91. The molecule has 0 radical (unpaired) electrons. The SMILES string of the molecule is Cc1ccc(NC(=O)c2ccc(OC(C)C)cc2)cc1N1CCCC1=O. The zero-order chi connectivity index (χ0) is 18.7. The van der Waals surface area contributed by atoms with Gasteiger partial charge in [0.05, 0.1) is 6.10 Å². The lowest BCUT2D eigenvalue weighted by atomic mass is 10.1. The first kappa shape index (κ1) is 18.0. The molecule has 0 bridgehead atoms. The first-order valence-corrected chi connectivity index (χ1v) is 8.93. The van der Waals surface area contributed by atoms with Crippen LogP contribution in [0.1, 0.15) is 42.6 Å². The van der Waals surface area contributed by atoms with E-state index in [0.29, 0.717) is 17.7 Å². The fourth-order valence-corrected chi connectivity index (χ4v) is 3.04. The van der Waals surface area contributed by atoms with Gasteiger partial charge in [-0.15, -0.1) is 0 Å². The maximum absolute atomic E-state index is 12.5. The van der Waals surface area contributed by atoms with Crippen LogP contribution < -0.4 is 15.0 Å². The lowest BCUT2D eigenvalue weighted by Crippen LogP contribution is -2.24. The van der Waals surface area contributed by atoms with Gasteiger partial charge in [0.15, 0.2) is 0 Å². The van der Waals surface area contributed by atoms with E-state index >= 15 is 0 Å². The van der Waals surface area contributed by atoms with Gasteiger partial charge < -0.3 is 15.0 Å². The summed E-state index contributed by atoms with van der Waals surface area (Å²) in [6.07, 6.45) is 1.55. The van der Waals surface area contributed by atoms with Crippen molar-refractivity contribution in [2.24, 2.45) is 0 Å². The molecule has 0 saturated carbocycles. The van der Waals surface area contributed by atoms with Crippen LogP contribution in [0.3, 0.4) is 0 Å². The molecule has 136 valence electrons. The van der Waals surface area contributed by atoms with Gasteiger partial charge in [0.2, 0.25) is 5.91 Å². The first-order valence-electron chi connectivity index (χ1n) is 8.93. The third kappa shape index (κ3) is 4.04. The van der Waals surface area contributed by atoms with E-state index < -0.39 is 0 Å². The molecule has 0 spiro atoms. The first-order chi connectivity index (χ1) is 12.4. The number of hydrogen-bond acceptors (Lipinski definition) is 3. The van der Waals surface area contributed by atoms with Gasteiger partial charge in [0.25, 0.3) is 5.91 Å². The average Bonchev–Trinajstić information content (AvgIpc) is 3.02. The van der Waals surface area contributed by atoms with Crippen LogP contribution in [-0.4, -0.2) is 24.5 Å². The van der Waals surface area contributed by atoms with E-state index in [2.05, 4.69) is 5.32 Å². The van der Waals surface area contributed by atoms with E-state index in [-0.39, 0.29) is 17.9 Å². The maximum atomic E-state index is 12.5. The predicted octanol–water partition coefficient (Wildman–Crippen LogP) is 4.16. The number of benzene rings is 2. The molecule has 1 saturated heterocycles. The molecule has 1 aliphatic rings. The van der Waals surface area contributed by atoms with Gasteiger partial charge in [-0.05, 0) is 69.2 Å². The Labute approximate surface area is 154 Å². The molecular formula is C21H24N2O3. The second-order valence-electron chi connectivity index (χ2n) is 6.80. The number of nitrogens with one attached hydrogen (secondary N) is 1. The Bertz CT molecular complexity index is 813. The van der Waals surface area contributed by atoms with E-state index in [9.17, 15) is 9.59 Å². The van der Waals surface area contributed by atoms with Crippen molar-refractivity contribution in [3.63, 3.8) is 0 Å². The molecule has 26 heavy (non-hydrogen) atoms.